The zero-order valence-electron chi connectivity index (χ0n) is 12.2. The smallest absolute Gasteiger partial charge is 0.317 e. The molecule has 0 aliphatic carbocycles. The number of nitrogens with one attached hydrogen (secondary N) is 1. The van der Waals surface area contributed by atoms with E-state index in [1.807, 2.05) is 45.2 Å². The Morgan fingerprint density at radius 2 is 2.00 bits per heavy atom. The lowest BCUT2D eigenvalue weighted by Crippen LogP contribution is -2.47. The van der Waals surface area contributed by atoms with E-state index in [9.17, 15) is 4.79 Å². The first-order valence-electron chi connectivity index (χ1n) is 6.66. The SMILES string of the molecule is CCCCN(C)C(=O)NC(C)(C)c1ccccc1Cl. The normalized spacial score (nSPS) is 11.2. The number of benzene rings is 1. The van der Waals surface area contributed by atoms with E-state index in [1.165, 1.54) is 0 Å². The molecule has 0 saturated heterocycles. The number of carbonyl (C=O) groups is 1. The van der Waals surface area contributed by atoms with Crippen LogP contribution in [0.2, 0.25) is 5.02 Å². The third-order valence-electron chi connectivity index (χ3n) is 3.16. The summed E-state index contributed by atoms with van der Waals surface area (Å²) in [5.74, 6) is 0. The molecule has 0 unspecified atom stereocenters. The van der Waals surface area contributed by atoms with Gasteiger partial charge in [-0.25, -0.2) is 4.79 Å². The minimum absolute atomic E-state index is 0.0710. The number of nitrogens with zero attached hydrogens (tertiary/aromatic N) is 1. The molecule has 1 N–H and O–H groups in total. The molecule has 0 aliphatic heterocycles. The van der Waals surface area contributed by atoms with Gasteiger partial charge in [0.05, 0.1) is 5.54 Å². The Labute approximate surface area is 120 Å². The Balaban J connectivity index is 2.74. The molecule has 0 aliphatic rings. The molecular weight excluding hydrogens is 260 g/mol. The van der Waals surface area contributed by atoms with Gasteiger partial charge in [0.15, 0.2) is 0 Å². The lowest BCUT2D eigenvalue weighted by atomic mass is 9.94. The second-order valence-corrected chi connectivity index (χ2v) is 5.72. The summed E-state index contributed by atoms with van der Waals surface area (Å²) >= 11 is 6.19. The Morgan fingerprint density at radius 1 is 1.37 bits per heavy atom. The number of amides is 2. The van der Waals surface area contributed by atoms with Crippen LogP contribution in [-0.4, -0.2) is 24.5 Å². The molecule has 1 aromatic rings. The Bertz CT molecular complexity index is 432. The molecule has 1 rings (SSSR count). The largest absolute Gasteiger partial charge is 0.329 e. The number of rotatable bonds is 5. The van der Waals surface area contributed by atoms with Gasteiger partial charge < -0.3 is 10.2 Å². The predicted octanol–water partition coefficient (Wildman–Crippen LogP) is 4.02. The lowest BCUT2D eigenvalue weighted by molar-refractivity contribution is 0.196. The minimum Gasteiger partial charge on any atom is -0.329 e. The molecule has 1 aromatic carbocycles. The van der Waals surface area contributed by atoms with E-state index in [4.69, 9.17) is 11.6 Å². The number of carbonyl (C=O) groups excluding carboxylic acids is 1. The Kier molecular flexibility index (Phi) is 5.67. The number of halogens is 1. The molecular formula is C15H23ClN2O. The summed E-state index contributed by atoms with van der Waals surface area (Å²) in [5, 5.41) is 3.69. The van der Waals surface area contributed by atoms with Crippen LogP contribution in [-0.2, 0) is 5.54 Å². The van der Waals surface area contributed by atoms with E-state index in [2.05, 4.69) is 12.2 Å². The topological polar surface area (TPSA) is 32.3 Å². The van der Waals surface area contributed by atoms with Crippen molar-refractivity contribution in [3.8, 4) is 0 Å². The molecule has 2 amide bonds. The maximum Gasteiger partial charge on any atom is 0.317 e. The summed E-state index contributed by atoms with van der Waals surface area (Å²) in [6.45, 7) is 6.79. The summed E-state index contributed by atoms with van der Waals surface area (Å²) < 4.78 is 0. The second-order valence-electron chi connectivity index (χ2n) is 5.31. The molecule has 0 bridgehead atoms. The van der Waals surface area contributed by atoms with Crippen LogP contribution in [0.1, 0.15) is 39.2 Å². The fourth-order valence-corrected chi connectivity index (χ4v) is 2.27. The quantitative estimate of drug-likeness (QED) is 0.869. The van der Waals surface area contributed by atoms with Crippen molar-refractivity contribution in [1.29, 1.82) is 0 Å². The Morgan fingerprint density at radius 3 is 2.58 bits per heavy atom. The average molecular weight is 283 g/mol. The zero-order chi connectivity index (χ0) is 14.5. The van der Waals surface area contributed by atoms with Crippen LogP contribution in [0.15, 0.2) is 24.3 Å². The first kappa shape index (κ1) is 15.8. The summed E-state index contributed by atoms with van der Waals surface area (Å²) in [6, 6.07) is 7.52. The van der Waals surface area contributed by atoms with Crippen molar-refractivity contribution in [3.63, 3.8) is 0 Å². The van der Waals surface area contributed by atoms with Gasteiger partial charge in [0.2, 0.25) is 0 Å². The third kappa shape index (κ3) is 4.43. The molecule has 0 atom stereocenters. The van der Waals surface area contributed by atoms with Gasteiger partial charge in [-0.3, -0.25) is 0 Å². The molecule has 0 radical (unpaired) electrons. The lowest BCUT2D eigenvalue weighted by Gasteiger charge is -2.30. The van der Waals surface area contributed by atoms with E-state index >= 15 is 0 Å². The number of unbranched alkanes of at least 4 members (excludes halogenated alkanes) is 1. The highest BCUT2D eigenvalue weighted by Gasteiger charge is 2.26. The van der Waals surface area contributed by atoms with Gasteiger partial charge in [0, 0.05) is 18.6 Å². The molecule has 106 valence electrons. The highest BCUT2D eigenvalue weighted by Crippen LogP contribution is 2.27. The fraction of sp³-hybridized carbons (Fsp3) is 0.533. The monoisotopic (exact) mass is 282 g/mol. The third-order valence-corrected chi connectivity index (χ3v) is 3.49. The Hall–Kier alpha value is -1.22. The predicted molar refractivity (Wildman–Crippen MR) is 80.5 cm³/mol. The summed E-state index contributed by atoms with van der Waals surface area (Å²) in [7, 11) is 1.81. The fourth-order valence-electron chi connectivity index (χ4n) is 1.90. The van der Waals surface area contributed by atoms with Crippen LogP contribution in [0.3, 0.4) is 0 Å². The van der Waals surface area contributed by atoms with E-state index in [0.717, 1.165) is 24.9 Å². The van der Waals surface area contributed by atoms with Crippen LogP contribution >= 0.6 is 11.6 Å². The minimum atomic E-state index is -0.490. The highest BCUT2D eigenvalue weighted by molar-refractivity contribution is 6.31. The van der Waals surface area contributed by atoms with Gasteiger partial charge in [0.25, 0.3) is 0 Å². The van der Waals surface area contributed by atoms with Gasteiger partial charge in [0.1, 0.15) is 0 Å². The van der Waals surface area contributed by atoms with Crippen LogP contribution < -0.4 is 5.32 Å². The summed E-state index contributed by atoms with van der Waals surface area (Å²) in [6.07, 6.45) is 2.09. The maximum absolute atomic E-state index is 12.1. The molecule has 0 saturated carbocycles. The molecule has 0 fully saturated rings. The van der Waals surface area contributed by atoms with Gasteiger partial charge in [-0.1, -0.05) is 43.1 Å². The van der Waals surface area contributed by atoms with Gasteiger partial charge in [-0.15, -0.1) is 0 Å². The number of hydrogen-bond acceptors (Lipinski definition) is 1. The maximum atomic E-state index is 12.1. The van der Waals surface area contributed by atoms with Gasteiger partial charge in [-0.05, 0) is 31.9 Å². The average Bonchev–Trinajstić information content (AvgIpc) is 2.35. The van der Waals surface area contributed by atoms with Crippen molar-refractivity contribution in [2.45, 2.75) is 39.2 Å². The van der Waals surface area contributed by atoms with Crippen LogP contribution in [0.5, 0.6) is 0 Å². The van der Waals surface area contributed by atoms with Crippen molar-refractivity contribution in [2.75, 3.05) is 13.6 Å². The van der Waals surface area contributed by atoms with Crippen molar-refractivity contribution in [1.82, 2.24) is 10.2 Å². The summed E-state index contributed by atoms with van der Waals surface area (Å²) in [4.78, 5) is 13.8. The molecule has 3 nitrogen and oxygen atoms in total. The molecule has 19 heavy (non-hydrogen) atoms. The van der Waals surface area contributed by atoms with Crippen LogP contribution in [0.4, 0.5) is 4.79 Å². The first-order chi connectivity index (χ1) is 8.88. The van der Waals surface area contributed by atoms with E-state index in [0.29, 0.717) is 5.02 Å². The van der Waals surface area contributed by atoms with E-state index in [-0.39, 0.29) is 6.03 Å². The van der Waals surface area contributed by atoms with Gasteiger partial charge >= 0.3 is 6.03 Å². The highest BCUT2D eigenvalue weighted by atomic mass is 35.5. The van der Waals surface area contributed by atoms with Crippen LogP contribution in [0.25, 0.3) is 0 Å². The van der Waals surface area contributed by atoms with Crippen molar-refractivity contribution >= 4 is 17.6 Å². The van der Waals surface area contributed by atoms with E-state index < -0.39 is 5.54 Å². The van der Waals surface area contributed by atoms with Crippen molar-refractivity contribution < 1.29 is 4.79 Å². The van der Waals surface area contributed by atoms with Gasteiger partial charge in [-0.2, -0.15) is 0 Å². The molecule has 4 heteroatoms. The van der Waals surface area contributed by atoms with E-state index in [1.54, 1.807) is 4.90 Å². The summed E-state index contributed by atoms with van der Waals surface area (Å²) in [5.41, 5.74) is 0.435. The first-order valence-corrected chi connectivity index (χ1v) is 7.04. The van der Waals surface area contributed by atoms with Crippen molar-refractivity contribution in [3.05, 3.63) is 34.9 Å². The molecule has 0 heterocycles. The zero-order valence-corrected chi connectivity index (χ0v) is 12.9. The second kappa shape index (κ2) is 6.80. The molecule has 0 spiro atoms. The standard InChI is InChI=1S/C15H23ClN2O/c1-5-6-11-18(4)14(19)17-15(2,3)12-9-7-8-10-13(12)16/h7-10H,5-6,11H2,1-4H3,(H,17,19). The number of hydrogen-bond donors (Lipinski definition) is 1. The van der Waals surface area contributed by atoms with Crippen LogP contribution in [0, 0.1) is 0 Å². The van der Waals surface area contributed by atoms with Crippen molar-refractivity contribution in [2.24, 2.45) is 0 Å². The number of urea groups is 1. The molecule has 0 aromatic heterocycles.